The van der Waals surface area contributed by atoms with Crippen LogP contribution < -0.4 is 5.32 Å². The molecule has 16 nitrogen and oxygen atoms in total. The molecular formula is C47H54N2O14. The third-order valence-electron chi connectivity index (χ3n) is 13.7. The maximum absolute atomic E-state index is 15.4. The number of allylic oxidation sites excluding steroid dienone is 1. The molecule has 0 radical (unpaired) electrons. The zero-order valence-corrected chi connectivity index (χ0v) is 36.5. The van der Waals surface area contributed by atoms with Crippen LogP contribution in [-0.2, 0) is 47.7 Å². The van der Waals surface area contributed by atoms with Gasteiger partial charge in [-0.2, -0.15) is 5.26 Å². The molecule has 4 aliphatic rings. The Morgan fingerprint density at radius 1 is 1.03 bits per heavy atom. The summed E-state index contributed by atoms with van der Waals surface area (Å²) < 4.78 is 30.4. The maximum Gasteiger partial charge on any atom is 0.338 e. The van der Waals surface area contributed by atoms with Crippen LogP contribution in [0.2, 0.25) is 0 Å². The fourth-order valence-corrected chi connectivity index (χ4v) is 10.0. The Morgan fingerprint density at radius 2 is 1.71 bits per heavy atom. The Labute approximate surface area is 365 Å². The molecule has 63 heavy (non-hydrogen) atoms. The fraction of sp³-hybridized carbons (Fsp3) is 0.511. The van der Waals surface area contributed by atoms with Crippen molar-refractivity contribution in [2.24, 2.45) is 16.7 Å². The Balaban J connectivity index is 1.56. The van der Waals surface area contributed by atoms with E-state index in [4.69, 9.17) is 23.7 Å². The van der Waals surface area contributed by atoms with Crippen molar-refractivity contribution >= 4 is 35.6 Å². The quantitative estimate of drug-likeness (QED) is 0.109. The smallest absolute Gasteiger partial charge is 0.338 e. The Morgan fingerprint density at radius 3 is 2.30 bits per heavy atom. The van der Waals surface area contributed by atoms with Gasteiger partial charge in [-0.1, -0.05) is 63.2 Å². The number of hydrogen-bond donors (Lipinski definition) is 4. The van der Waals surface area contributed by atoms with Gasteiger partial charge >= 0.3 is 23.9 Å². The van der Waals surface area contributed by atoms with Crippen LogP contribution in [0.25, 0.3) is 0 Å². The van der Waals surface area contributed by atoms with Gasteiger partial charge in [0.1, 0.15) is 36.1 Å². The molecule has 2 aromatic carbocycles. The lowest BCUT2D eigenvalue weighted by Gasteiger charge is -2.67. The minimum Gasteiger partial charge on any atom is -0.461 e. The van der Waals surface area contributed by atoms with Crippen molar-refractivity contribution in [3.05, 3.63) is 94.1 Å². The highest BCUT2D eigenvalue weighted by molar-refractivity contribution is 5.95. The number of carbonyl (C=O) groups is 6. The first-order valence-corrected chi connectivity index (χ1v) is 20.9. The van der Waals surface area contributed by atoms with Crippen LogP contribution >= 0.6 is 0 Å². The predicted octanol–water partition coefficient (Wildman–Crippen LogP) is 3.65. The molecule has 0 spiro atoms. The number of ether oxygens (including phenoxy) is 5. The number of carbonyl (C=O) groups excluding carboxylic acids is 6. The predicted molar refractivity (Wildman–Crippen MR) is 221 cm³/mol. The lowest BCUT2D eigenvalue weighted by molar-refractivity contribution is -0.346. The number of amides is 1. The van der Waals surface area contributed by atoms with Crippen molar-refractivity contribution in [2.75, 3.05) is 6.61 Å². The summed E-state index contributed by atoms with van der Waals surface area (Å²) in [6.07, 6.45) is -9.29. The van der Waals surface area contributed by atoms with Crippen LogP contribution in [0.3, 0.4) is 0 Å². The number of fused-ring (bicyclic) bond motifs is 5. The van der Waals surface area contributed by atoms with Gasteiger partial charge in [-0.15, -0.1) is 0 Å². The number of Topliss-reactive ketones (excluding diaryl/α,β-unsaturated/α-hetero) is 1. The minimum absolute atomic E-state index is 0.104. The first kappa shape index (κ1) is 46.8. The van der Waals surface area contributed by atoms with Crippen molar-refractivity contribution in [3.8, 4) is 6.07 Å². The summed E-state index contributed by atoms with van der Waals surface area (Å²) in [5.41, 5.74) is -7.38. The highest BCUT2D eigenvalue weighted by atomic mass is 16.6. The van der Waals surface area contributed by atoms with E-state index in [1.54, 1.807) is 57.2 Å². The Hall–Kier alpha value is -5.73. The number of aliphatic hydroxyl groups excluding tert-OH is 2. The Kier molecular flexibility index (Phi) is 12.9. The molecule has 1 saturated heterocycles. The third kappa shape index (κ3) is 7.85. The molecule has 11 atom stereocenters. The number of benzene rings is 2. The molecule has 1 amide bonds. The van der Waals surface area contributed by atoms with Crippen LogP contribution in [0.5, 0.6) is 0 Å². The molecule has 0 aromatic heterocycles. The van der Waals surface area contributed by atoms with Crippen LogP contribution in [0.15, 0.2) is 77.4 Å². The molecule has 1 heterocycles. The van der Waals surface area contributed by atoms with Crippen molar-refractivity contribution in [3.63, 3.8) is 0 Å². The SMILES string of the molecule is C/C=C(\C)C(=O)N[C@@H](c1ccccc1)[C@@H](O)C(=O)O[C@H]1C[C@@]2(O)[C@@H](OC(=O)c3cccc(C#N)c3)C3[C@](C)(C(=O)[C@H](O)C(=C1C)C2(C)C)[C@@H](OC(=O)CC)C[C@H]1OC[C@@]31OC(C)=O. The maximum atomic E-state index is 15.4. The number of ketones is 1. The molecule has 2 bridgehead atoms. The van der Waals surface area contributed by atoms with Gasteiger partial charge in [0, 0.05) is 37.2 Å². The molecule has 336 valence electrons. The fourth-order valence-electron chi connectivity index (χ4n) is 10.0. The van der Waals surface area contributed by atoms with Gasteiger partial charge in [-0.25, -0.2) is 9.59 Å². The number of aliphatic hydroxyl groups is 3. The van der Waals surface area contributed by atoms with E-state index >= 15 is 4.79 Å². The van der Waals surface area contributed by atoms with E-state index in [1.165, 1.54) is 52.0 Å². The number of nitriles is 1. The van der Waals surface area contributed by atoms with Crippen molar-refractivity contribution in [2.45, 2.75) is 129 Å². The number of hydrogen-bond acceptors (Lipinski definition) is 15. The third-order valence-corrected chi connectivity index (χ3v) is 13.7. The second-order valence-corrected chi connectivity index (χ2v) is 17.5. The number of nitrogens with zero attached hydrogens (tertiary/aromatic N) is 1. The molecule has 4 N–H and O–H groups in total. The summed E-state index contributed by atoms with van der Waals surface area (Å²) in [5.74, 6) is -6.95. The monoisotopic (exact) mass is 870 g/mol. The van der Waals surface area contributed by atoms with E-state index in [2.05, 4.69) is 5.32 Å². The lowest BCUT2D eigenvalue weighted by atomic mass is 9.44. The van der Waals surface area contributed by atoms with Crippen LogP contribution in [-0.4, -0.2) is 105 Å². The lowest BCUT2D eigenvalue weighted by Crippen LogP contribution is -2.82. The second-order valence-electron chi connectivity index (χ2n) is 17.5. The summed E-state index contributed by atoms with van der Waals surface area (Å²) >= 11 is 0. The van der Waals surface area contributed by atoms with E-state index in [-0.39, 0.29) is 41.7 Å². The van der Waals surface area contributed by atoms with Crippen molar-refractivity contribution in [1.82, 2.24) is 5.32 Å². The van der Waals surface area contributed by atoms with Crippen molar-refractivity contribution in [1.29, 1.82) is 5.26 Å². The van der Waals surface area contributed by atoms with E-state index in [1.807, 2.05) is 6.07 Å². The molecule has 3 aliphatic carbocycles. The molecular weight excluding hydrogens is 817 g/mol. The van der Waals surface area contributed by atoms with Crippen LogP contribution in [0.4, 0.5) is 0 Å². The van der Waals surface area contributed by atoms with Gasteiger partial charge in [0.25, 0.3) is 0 Å². The van der Waals surface area contributed by atoms with E-state index < -0.39 is 113 Å². The topological polar surface area (TPSA) is 245 Å². The number of nitrogens with one attached hydrogen (secondary N) is 1. The molecule has 2 saturated carbocycles. The number of rotatable bonds is 11. The van der Waals surface area contributed by atoms with Gasteiger partial charge in [0.15, 0.2) is 17.5 Å². The van der Waals surface area contributed by atoms with Gasteiger partial charge in [0.05, 0.1) is 41.2 Å². The first-order valence-electron chi connectivity index (χ1n) is 20.9. The molecule has 2 aromatic rings. The zero-order valence-electron chi connectivity index (χ0n) is 36.5. The van der Waals surface area contributed by atoms with E-state index in [0.29, 0.717) is 11.1 Å². The van der Waals surface area contributed by atoms with Gasteiger partial charge in [-0.05, 0) is 62.6 Å². The summed E-state index contributed by atoms with van der Waals surface area (Å²) in [4.78, 5) is 83.3. The molecule has 1 aliphatic heterocycles. The standard InChI is InChI=1S/C47H54N2O14/c1-9-24(3)41(55)49-35(28-16-12-11-13-17-28)37(53)43(57)60-30-21-47(58)40(62-42(56)29-18-14-15-27(19-29)22-48)38-45(8,39(54)36(52)34(25(30)4)44(47,6)7)31(61-33(51)10-2)20-32-46(38,23-59-32)63-26(5)50/h9,11-19,30-32,35-38,40,52-53,58H,10,20-21,23H2,1-8H3,(H,49,55)/b24-9+/t30-,31-,32+,35-,36+,37+,38?,40-,45+,46-,47+/m0/s1. The highest BCUT2D eigenvalue weighted by Gasteiger charge is 2.78. The summed E-state index contributed by atoms with van der Waals surface area (Å²) in [6.45, 7) is 11.5. The molecule has 1 unspecified atom stereocenters. The van der Waals surface area contributed by atoms with Gasteiger partial charge in [-0.3, -0.25) is 19.2 Å². The normalized spacial score (nSPS) is 31.8. The van der Waals surface area contributed by atoms with E-state index in [0.717, 1.165) is 6.92 Å². The van der Waals surface area contributed by atoms with E-state index in [9.17, 15) is 44.6 Å². The highest BCUT2D eigenvalue weighted by Crippen LogP contribution is 2.64. The molecule has 16 heteroatoms. The summed E-state index contributed by atoms with van der Waals surface area (Å²) in [6, 6.07) is 14.4. The summed E-state index contributed by atoms with van der Waals surface area (Å²) in [5, 5.41) is 50.1. The van der Waals surface area contributed by atoms with Crippen LogP contribution in [0, 0.1) is 28.1 Å². The number of esters is 4. The molecule has 3 fully saturated rings. The zero-order chi connectivity index (χ0) is 46.4. The van der Waals surface area contributed by atoms with Gasteiger partial charge in [0.2, 0.25) is 5.91 Å². The molecule has 6 rings (SSSR count). The largest absolute Gasteiger partial charge is 0.461 e. The first-order chi connectivity index (χ1) is 29.6. The van der Waals surface area contributed by atoms with Crippen molar-refractivity contribution < 1.29 is 67.8 Å². The minimum atomic E-state index is -2.45. The van der Waals surface area contributed by atoms with Crippen LogP contribution in [0.1, 0.15) is 102 Å². The summed E-state index contributed by atoms with van der Waals surface area (Å²) in [7, 11) is 0. The average molecular weight is 871 g/mol. The average Bonchev–Trinajstić information content (AvgIpc) is 3.25. The Bertz CT molecular complexity index is 2300. The second kappa shape index (κ2) is 17.4. The van der Waals surface area contributed by atoms with Gasteiger partial charge < -0.3 is 44.3 Å².